The summed E-state index contributed by atoms with van der Waals surface area (Å²) in [6.07, 6.45) is 0. The number of amidine groups is 1. The number of hydrazone groups is 1. The fourth-order valence-corrected chi connectivity index (χ4v) is 3.62. The molecule has 1 N–H and O–H groups in total. The molecule has 2 aromatic carbocycles. The minimum absolute atomic E-state index is 0.174. The Bertz CT molecular complexity index is 919. The zero-order chi connectivity index (χ0) is 19.0. The van der Waals surface area contributed by atoms with Crippen LogP contribution in [0.25, 0.3) is 0 Å². The van der Waals surface area contributed by atoms with Crippen LogP contribution in [0.3, 0.4) is 0 Å². The summed E-state index contributed by atoms with van der Waals surface area (Å²) in [6.45, 7) is 6.17. The molecule has 27 heavy (non-hydrogen) atoms. The molecule has 136 valence electrons. The third-order valence-electron chi connectivity index (χ3n) is 5.24. The van der Waals surface area contributed by atoms with Crippen molar-refractivity contribution in [3.8, 4) is 0 Å². The summed E-state index contributed by atoms with van der Waals surface area (Å²) in [7, 11) is 0. The summed E-state index contributed by atoms with van der Waals surface area (Å²) in [5.74, 6) is 0.439. The molecule has 2 aliphatic rings. The lowest BCUT2D eigenvalue weighted by atomic mass is 9.74. The standard InChI is InChI=1S/C22H22N4O/c1-14(2)17-18-19(26-25-17)20(27)24-21(23-18)22(3,15-10-6-4-7-11-15)16-12-8-5-9-13-16/h4-14,19,26H,1-3H3. The van der Waals surface area contributed by atoms with Gasteiger partial charge in [-0.05, 0) is 24.0 Å². The number of rotatable bonds is 4. The predicted molar refractivity (Wildman–Crippen MR) is 108 cm³/mol. The van der Waals surface area contributed by atoms with Crippen molar-refractivity contribution in [2.24, 2.45) is 21.0 Å². The van der Waals surface area contributed by atoms with E-state index in [0.29, 0.717) is 11.5 Å². The molecule has 2 heterocycles. The Labute approximate surface area is 158 Å². The van der Waals surface area contributed by atoms with Gasteiger partial charge < -0.3 is 0 Å². The topological polar surface area (TPSA) is 66.2 Å². The molecule has 0 saturated heterocycles. The first-order valence-electron chi connectivity index (χ1n) is 9.18. The molecule has 1 atom stereocenters. The third kappa shape index (κ3) is 2.79. The second kappa shape index (κ2) is 6.58. The second-order valence-electron chi connectivity index (χ2n) is 7.34. The SMILES string of the molecule is CC(C)C1=NNC2C(=O)N=C(C(C)(c3ccccc3)c3ccccc3)N=C12. The Morgan fingerprint density at radius 1 is 0.926 bits per heavy atom. The van der Waals surface area contributed by atoms with Crippen molar-refractivity contribution < 1.29 is 4.79 Å². The molecule has 1 unspecified atom stereocenters. The van der Waals surface area contributed by atoms with Gasteiger partial charge in [0.15, 0.2) is 6.04 Å². The zero-order valence-corrected chi connectivity index (χ0v) is 15.7. The zero-order valence-electron chi connectivity index (χ0n) is 15.7. The average molecular weight is 358 g/mol. The van der Waals surface area contributed by atoms with Crippen molar-refractivity contribution in [3.05, 3.63) is 71.8 Å². The van der Waals surface area contributed by atoms with Gasteiger partial charge in [-0.25, -0.2) is 4.99 Å². The molecule has 1 amide bonds. The number of nitrogens with one attached hydrogen (secondary N) is 1. The molecule has 0 aliphatic carbocycles. The van der Waals surface area contributed by atoms with Gasteiger partial charge in [0.05, 0.1) is 16.8 Å². The maximum absolute atomic E-state index is 12.8. The largest absolute Gasteiger partial charge is 0.291 e. The Kier molecular flexibility index (Phi) is 4.22. The van der Waals surface area contributed by atoms with Gasteiger partial charge >= 0.3 is 0 Å². The number of amides is 1. The molecular formula is C22H22N4O. The molecule has 5 nitrogen and oxygen atoms in total. The fraction of sp³-hybridized carbons (Fsp3) is 0.273. The summed E-state index contributed by atoms with van der Waals surface area (Å²) < 4.78 is 0. The minimum Gasteiger partial charge on any atom is -0.291 e. The minimum atomic E-state index is -0.638. The molecule has 0 bridgehead atoms. The highest BCUT2D eigenvalue weighted by atomic mass is 16.2. The van der Waals surface area contributed by atoms with E-state index in [4.69, 9.17) is 4.99 Å². The molecule has 0 aromatic heterocycles. The maximum atomic E-state index is 12.8. The third-order valence-corrected chi connectivity index (χ3v) is 5.24. The van der Waals surface area contributed by atoms with E-state index in [2.05, 4.69) is 60.6 Å². The van der Waals surface area contributed by atoms with Crippen LogP contribution in [-0.4, -0.2) is 29.2 Å². The van der Waals surface area contributed by atoms with Crippen LogP contribution in [-0.2, 0) is 10.2 Å². The number of carbonyl (C=O) groups excluding carboxylic acids is 1. The normalized spacial score (nSPS) is 19.2. The van der Waals surface area contributed by atoms with Crippen LogP contribution < -0.4 is 5.43 Å². The van der Waals surface area contributed by atoms with Gasteiger partial charge in [0.1, 0.15) is 5.84 Å². The molecule has 5 heteroatoms. The van der Waals surface area contributed by atoms with E-state index in [0.717, 1.165) is 16.8 Å². The van der Waals surface area contributed by atoms with Crippen molar-refractivity contribution in [3.63, 3.8) is 0 Å². The molecule has 0 radical (unpaired) electrons. The number of aliphatic imine (C=N–C) groups is 2. The monoisotopic (exact) mass is 358 g/mol. The molecule has 0 saturated carbocycles. The van der Waals surface area contributed by atoms with E-state index in [1.54, 1.807) is 0 Å². The first-order valence-corrected chi connectivity index (χ1v) is 9.18. The van der Waals surface area contributed by atoms with Crippen molar-refractivity contribution >= 4 is 23.2 Å². The molecule has 0 fully saturated rings. The van der Waals surface area contributed by atoms with E-state index >= 15 is 0 Å². The van der Waals surface area contributed by atoms with Gasteiger partial charge in [0.2, 0.25) is 0 Å². The van der Waals surface area contributed by atoms with Crippen LogP contribution in [0.4, 0.5) is 0 Å². The Hall–Kier alpha value is -3.08. The average Bonchev–Trinajstić information content (AvgIpc) is 3.13. The first kappa shape index (κ1) is 17.3. The maximum Gasteiger partial charge on any atom is 0.277 e. The van der Waals surface area contributed by atoms with Gasteiger partial charge in [0.25, 0.3) is 5.91 Å². The summed E-state index contributed by atoms with van der Waals surface area (Å²) in [5.41, 5.74) is 5.85. The Morgan fingerprint density at radius 2 is 1.48 bits per heavy atom. The van der Waals surface area contributed by atoms with Crippen molar-refractivity contribution in [1.29, 1.82) is 0 Å². The van der Waals surface area contributed by atoms with Crippen LogP contribution in [0.15, 0.2) is 75.7 Å². The van der Waals surface area contributed by atoms with E-state index in [9.17, 15) is 4.79 Å². The Morgan fingerprint density at radius 3 is 2.00 bits per heavy atom. The van der Waals surface area contributed by atoms with Gasteiger partial charge in [0, 0.05) is 0 Å². The molecule has 2 aliphatic heterocycles. The molecule has 0 spiro atoms. The molecule has 4 rings (SSSR count). The van der Waals surface area contributed by atoms with E-state index in [-0.39, 0.29) is 11.8 Å². The molecule has 2 aromatic rings. The van der Waals surface area contributed by atoms with Crippen molar-refractivity contribution in [1.82, 2.24) is 5.43 Å². The number of benzene rings is 2. The lowest BCUT2D eigenvalue weighted by molar-refractivity contribution is -0.118. The van der Waals surface area contributed by atoms with Crippen LogP contribution >= 0.6 is 0 Å². The first-order chi connectivity index (χ1) is 13.0. The summed E-state index contributed by atoms with van der Waals surface area (Å²) in [6, 6.07) is 19.6. The van der Waals surface area contributed by atoms with Crippen molar-refractivity contribution in [2.45, 2.75) is 32.2 Å². The van der Waals surface area contributed by atoms with Crippen LogP contribution in [0.1, 0.15) is 31.9 Å². The lowest BCUT2D eigenvalue weighted by Gasteiger charge is -2.32. The highest BCUT2D eigenvalue weighted by Crippen LogP contribution is 2.35. The van der Waals surface area contributed by atoms with Crippen LogP contribution in [0.5, 0.6) is 0 Å². The number of nitrogens with zero attached hydrogens (tertiary/aromatic N) is 3. The number of hydrogen-bond donors (Lipinski definition) is 1. The highest BCUT2D eigenvalue weighted by molar-refractivity contribution is 6.52. The van der Waals surface area contributed by atoms with Crippen LogP contribution in [0.2, 0.25) is 0 Å². The highest BCUT2D eigenvalue weighted by Gasteiger charge is 2.43. The van der Waals surface area contributed by atoms with Gasteiger partial charge in [-0.3, -0.25) is 10.2 Å². The van der Waals surface area contributed by atoms with E-state index < -0.39 is 11.5 Å². The number of carbonyl (C=O) groups is 1. The predicted octanol–water partition coefficient (Wildman–Crippen LogP) is 3.36. The van der Waals surface area contributed by atoms with Crippen LogP contribution in [0, 0.1) is 5.92 Å². The fourth-order valence-electron chi connectivity index (χ4n) is 3.62. The molecular weight excluding hydrogens is 336 g/mol. The number of hydrogen-bond acceptors (Lipinski definition) is 4. The number of fused-ring (bicyclic) bond motifs is 1. The van der Waals surface area contributed by atoms with E-state index in [1.165, 1.54) is 0 Å². The summed E-state index contributed by atoms with van der Waals surface area (Å²) >= 11 is 0. The lowest BCUT2D eigenvalue weighted by Crippen LogP contribution is -2.45. The van der Waals surface area contributed by atoms with E-state index in [1.807, 2.05) is 36.4 Å². The summed E-state index contributed by atoms with van der Waals surface area (Å²) in [4.78, 5) is 22.0. The Balaban J connectivity index is 1.90. The van der Waals surface area contributed by atoms with Gasteiger partial charge in [-0.15, -0.1) is 0 Å². The van der Waals surface area contributed by atoms with Crippen molar-refractivity contribution in [2.75, 3.05) is 0 Å². The van der Waals surface area contributed by atoms with Gasteiger partial charge in [-0.1, -0.05) is 74.5 Å². The second-order valence-corrected chi connectivity index (χ2v) is 7.34. The quantitative estimate of drug-likeness (QED) is 0.911. The summed E-state index contributed by atoms with van der Waals surface area (Å²) in [5, 5.41) is 4.33. The van der Waals surface area contributed by atoms with Gasteiger partial charge in [-0.2, -0.15) is 10.1 Å². The smallest absolute Gasteiger partial charge is 0.277 e.